The Bertz CT molecular complexity index is 612. The van der Waals surface area contributed by atoms with Crippen LogP contribution in [0, 0.1) is 13.8 Å². The Labute approximate surface area is 133 Å². The molecule has 0 radical (unpaired) electrons. The molecule has 0 unspecified atom stereocenters. The monoisotopic (exact) mass is 326 g/mol. The van der Waals surface area contributed by atoms with Crippen molar-refractivity contribution in [2.24, 2.45) is 0 Å². The van der Waals surface area contributed by atoms with Crippen LogP contribution >= 0.6 is 22.9 Å². The predicted molar refractivity (Wildman–Crippen MR) is 83.8 cm³/mol. The van der Waals surface area contributed by atoms with Gasteiger partial charge in [-0.2, -0.15) is 5.10 Å². The van der Waals surface area contributed by atoms with E-state index in [1.165, 1.54) is 4.88 Å². The topological polar surface area (TPSA) is 43.2 Å². The highest BCUT2D eigenvalue weighted by Gasteiger charge is 2.22. The molecule has 0 spiro atoms. The molecule has 1 saturated heterocycles. The van der Waals surface area contributed by atoms with Crippen LogP contribution in [0.1, 0.15) is 16.5 Å². The van der Waals surface area contributed by atoms with E-state index in [1.54, 1.807) is 11.3 Å². The molecule has 0 saturated carbocycles. The van der Waals surface area contributed by atoms with E-state index in [1.807, 2.05) is 24.6 Å². The zero-order valence-corrected chi connectivity index (χ0v) is 13.8. The second-order valence-corrected chi connectivity index (χ2v) is 7.12. The van der Waals surface area contributed by atoms with Gasteiger partial charge in [0.1, 0.15) is 11.6 Å². The van der Waals surface area contributed by atoms with Crippen LogP contribution in [0.2, 0.25) is 4.34 Å². The number of thiophene rings is 1. The normalized spacial score (nSPS) is 20.0. The van der Waals surface area contributed by atoms with Crippen LogP contribution in [-0.2, 0) is 17.8 Å². The van der Waals surface area contributed by atoms with Gasteiger partial charge in [0.15, 0.2) is 0 Å². The smallest absolute Gasteiger partial charge is 0.147 e. The van der Waals surface area contributed by atoms with Crippen LogP contribution in [0.15, 0.2) is 12.1 Å². The fraction of sp³-hybridized carbons (Fsp3) is 0.571. The summed E-state index contributed by atoms with van der Waals surface area (Å²) in [5, 5.41) is 4.41. The van der Waals surface area contributed by atoms with Crippen molar-refractivity contribution in [2.75, 3.05) is 19.7 Å². The largest absolute Gasteiger partial charge is 0.374 e. The first-order valence-electron chi connectivity index (χ1n) is 7.06. The molecule has 1 aliphatic heterocycles. The lowest BCUT2D eigenvalue weighted by molar-refractivity contribution is -0.0402. The lowest BCUT2D eigenvalue weighted by atomic mass is 10.2. The minimum absolute atomic E-state index is 0.161. The number of hydrogen-bond acceptors (Lipinski definition) is 5. The molecule has 7 heteroatoms. The summed E-state index contributed by atoms with van der Waals surface area (Å²) in [7, 11) is 0. The minimum Gasteiger partial charge on any atom is -0.374 e. The number of rotatable bonds is 4. The van der Waals surface area contributed by atoms with Gasteiger partial charge in [0.25, 0.3) is 0 Å². The molecule has 5 nitrogen and oxygen atoms in total. The Morgan fingerprint density at radius 3 is 2.95 bits per heavy atom. The summed E-state index contributed by atoms with van der Waals surface area (Å²) in [6.45, 7) is 8.22. The molecule has 114 valence electrons. The summed E-state index contributed by atoms with van der Waals surface area (Å²) in [5.74, 6) is 1.76. The second kappa shape index (κ2) is 6.44. The average molecular weight is 327 g/mol. The fourth-order valence-electron chi connectivity index (χ4n) is 2.62. The van der Waals surface area contributed by atoms with Crippen molar-refractivity contribution >= 4 is 22.9 Å². The molecule has 2 aromatic rings. The zero-order chi connectivity index (χ0) is 14.8. The van der Waals surface area contributed by atoms with Crippen molar-refractivity contribution in [3.63, 3.8) is 0 Å². The molecule has 3 rings (SSSR count). The van der Waals surface area contributed by atoms with Crippen LogP contribution in [0.4, 0.5) is 0 Å². The molecule has 0 bridgehead atoms. The molecule has 0 amide bonds. The number of nitrogens with zero attached hydrogens (tertiary/aromatic N) is 4. The molecule has 21 heavy (non-hydrogen) atoms. The van der Waals surface area contributed by atoms with E-state index in [9.17, 15) is 0 Å². The van der Waals surface area contributed by atoms with Gasteiger partial charge in [0.2, 0.25) is 0 Å². The lowest BCUT2D eigenvalue weighted by Crippen LogP contribution is -2.43. The van der Waals surface area contributed by atoms with Gasteiger partial charge in [-0.25, -0.2) is 9.67 Å². The van der Waals surface area contributed by atoms with Gasteiger partial charge in [0.05, 0.1) is 23.6 Å². The first-order valence-corrected chi connectivity index (χ1v) is 8.26. The van der Waals surface area contributed by atoms with E-state index < -0.39 is 0 Å². The number of halogens is 1. The zero-order valence-electron chi connectivity index (χ0n) is 12.3. The molecule has 1 fully saturated rings. The van der Waals surface area contributed by atoms with E-state index in [0.29, 0.717) is 0 Å². The Morgan fingerprint density at radius 1 is 1.43 bits per heavy atom. The van der Waals surface area contributed by atoms with Crippen molar-refractivity contribution in [1.82, 2.24) is 19.7 Å². The highest BCUT2D eigenvalue weighted by molar-refractivity contribution is 7.16. The van der Waals surface area contributed by atoms with Crippen molar-refractivity contribution in [3.8, 4) is 0 Å². The Hall–Kier alpha value is -0.950. The van der Waals surface area contributed by atoms with Crippen molar-refractivity contribution in [1.29, 1.82) is 0 Å². The third kappa shape index (κ3) is 3.83. The maximum Gasteiger partial charge on any atom is 0.147 e. The predicted octanol–water partition coefficient (Wildman–Crippen LogP) is 2.51. The molecule has 1 atom stereocenters. The number of aromatic nitrogens is 3. The fourth-order valence-corrected chi connectivity index (χ4v) is 3.75. The van der Waals surface area contributed by atoms with Gasteiger partial charge in [-0.1, -0.05) is 11.6 Å². The summed E-state index contributed by atoms with van der Waals surface area (Å²) in [5.41, 5.74) is 0. The van der Waals surface area contributed by atoms with Crippen molar-refractivity contribution in [2.45, 2.75) is 33.0 Å². The second-order valence-electron chi connectivity index (χ2n) is 5.32. The summed E-state index contributed by atoms with van der Waals surface area (Å²) in [6.07, 6.45) is 0.161. The summed E-state index contributed by atoms with van der Waals surface area (Å²) >= 11 is 7.64. The molecule has 2 aromatic heterocycles. The lowest BCUT2D eigenvalue weighted by Gasteiger charge is -2.32. The number of morpholine rings is 1. The first kappa shape index (κ1) is 15.0. The highest BCUT2D eigenvalue weighted by Crippen LogP contribution is 2.23. The highest BCUT2D eigenvalue weighted by atomic mass is 35.5. The quantitative estimate of drug-likeness (QED) is 0.866. The van der Waals surface area contributed by atoms with Crippen molar-refractivity contribution in [3.05, 3.63) is 33.0 Å². The standard InChI is InChI=1S/C14H19ClN4OS/c1-10-16-11(2)19(17-10)8-12-7-18(5-6-20-12)9-13-3-4-14(15)21-13/h3-4,12H,5-9H2,1-2H3/t12-/m0/s1. The van der Waals surface area contributed by atoms with Crippen LogP contribution in [0.25, 0.3) is 0 Å². The third-order valence-corrected chi connectivity index (χ3v) is 4.79. The minimum atomic E-state index is 0.161. The van der Waals surface area contributed by atoms with Gasteiger partial charge >= 0.3 is 0 Å². The average Bonchev–Trinajstić information content (AvgIpc) is 2.96. The van der Waals surface area contributed by atoms with Gasteiger partial charge in [-0.15, -0.1) is 11.3 Å². The van der Waals surface area contributed by atoms with E-state index in [0.717, 1.165) is 48.8 Å². The number of ether oxygens (including phenoxy) is 1. The molecule has 1 aliphatic rings. The van der Waals surface area contributed by atoms with Gasteiger partial charge in [0, 0.05) is 24.5 Å². The molecule has 0 aliphatic carbocycles. The Morgan fingerprint density at radius 2 is 2.29 bits per heavy atom. The summed E-state index contributed by atoms with van der Waals surface area (Å²) in [6, 6.07) is 4.06. The van der Waals surface area contributed by atoms with Crippen molar-refractivity contribution < 1.29 is 4.74 Å². The van der Waals surface area contributed by atoms with E-state index in [2.05, 4.69) is 21.0 Å². The SMILES string of the molecule is Cc1nc(C)n(C[C@@H]2CN(Cc3ccc(Cl)s3)CCO2)n1. The molecular weight excluding hydrogens is 308 g/mol. The summed E-state index contributed by atoms with van der Waals surface area (Å²) < 4.78 is 8.65. The van der Waals surface area contributed by atoms with E-state index in [-0.39, 0.29) is 6.10 Å². The molecular formula is C14H19ClN4OS. The van der Waals surface area contributed by atoms with E-state index >= 15 is 0 Å². The molecule has 0 aromatic carbocycles. The van der Waals surface area contributed by atoms with Gasteiger partial charge in [-0.3, -0.25) is 4.90 Å². The Balaban J connectivity index is 1.59. The van der Waals surface area contributed by atoms with Gasteiger partial charge < -0.3 is 4.74 Å². The van der Waals surface area contributed by atoms with Crippen LogP contribution < -0.4 is 0 Å². The van der Waals surface area contributed by atoms with Gasteiger partial charge in [-0.05, 0) is 26.0 Å². The van der Waals surface area contributed by atoms with E-state index in [4.69, 9.17) is 16.3 Å². The maximum atomic E-state index is 5.99. The van der Waals surface area contributed by atoms with Crippen LogP contribution in [0.5, 0.6) is 0 Å². The molecule has 3 heterocycles. The van der Waals surface area contributed by atoms with Crippen LogP contribution in [0.3, 0.4) is 0 Å². The number of aryl methyl sites for hydroxylation is 2. The van der Waals surface area contributed by atoms with Crippen LogP contribution in [-0.4, -0.2) is 45.5 Å². The molecule has 0 N–H and O–H groups in total. The third-order valence-electron chi connectivity index (χ3n) is 3.57. The maximum absolute atomic E-state index is 5.99. The Kier molecular flexibility index (Phi) is 4.59. The number of hydrogen-bond donors (Lipinski definition) is 0. The first-order chi connectivity index (χ1) is 10.1. The summed E-state index contributed by atoms with van der Waals surface area (Å²) in [4.78, 5) is 8.05.